The van der Waals surface area contributed by atoms with Gasteiger partial charge in [-0.05, 0) is 12.8 Å². The Hall–Kier alpha value is -0.890. The summed E-state index contributed by atoms with van der Waals surface area (Å²) >= 11 is 0. The molecular weight excluding hydrogens is 783 g/mol. The number of carbonyl (C=O) groups excluding carboxylic acids is 1. The summed E-state index contributed by atoms with van der Waals surface area (Å²) in [5.41, 5.74) is 0. The van der Waals surface area contributed by atoms with E-state index in [-0.39, 0.29) is 12.8 Å². The molecule has 0 saturated heterocycles. The summed E-state index contributed by atoms with van der Waals surface area (Å²) in [6, 6.07) is 0. The first kappa shape index (κ1) is 53.1. The van der Waals surface area contributed by atoms with Crippen LogP contribution < -0.4 is 0 Å². The van der Waals surface area contributed by atoms with Crippen LogP contribution in [0.1, 0.15) is 187 Å². The summed E-state index contributed by atoms with van der Waals surface area (Å²) in [6.07, 6.45) is 23.4. The topological polar surface area (TPSA) is 238 Å². The summed E-state index contributed by atoms with van der Waals surface area (Å²) in [4.78, 5) is 14.0. The van der Waals surface area contributed by atoms with Gasteiger partial charge in [-0.25, -0.2) is 0 Å². The number of hydrogen-bond acceptors (Lipinski definition) is 9. The normalized spacial score (nSPS) is 14.6. The van der Waals surface area contributed by atoms with Crippen LogP contribution in [0.3, 0.4) is 0 Å². The smallest absolute Gasteiger partial charge is 0.276 e. The summed E-state index contributed by atoms with van der Waals surface area (Å²) in [7, 11) is -20.4. The molecule has 3 atom stereocenters. The molecule has 0 radical (unpaired) electrons. The summed E-state index contributed by atoms with van der Waals surface area (Å²) in [6.45, 7) is 2.14. The summed E-state index contributed by atoms with van der Waals surface area (Å²) < 4.78 is 138. The molecule has 0 aromatic carbocycles. The first-order valence-electron chi connectivity index (χ1n) is 20.4. The molecule has 0 rings (SSSR count). The number of nitrogens with zero attached hydrogens (tertiary/aromatic N) is 1. The molecule has 18 heteroatoms. The first-order chi connectivity index (χ1) is 25.3. The van der Waals surface area contributed by atoms with E-state index in [0.717, 1.165) is 57.8 Å². The van der Waals surface area contributed by atoms with E-state index in [1.807, 2.05) is 0 Å². The van der Waals surface area contributed by atoms with Gasteiger partial charge in [-0.3, -0.25) is 23.0 Å². The Morgan fingerprint density at radius 3 is 1.06 bits per heavy atom. The maximum Gasteiger partial charge on any atom is 0.276 e. The van der Waals surface area contributed by atoms with Gasteiger partial charge in [0, 0.05) is 13.1 Å². The third-order valence-electron chi connectivity index (χ3n) is 10.1. The molecule has 3 unspecified atom stereocenters. The minimum Gasteiger partial charge on any atom is -0.339 e. The van der Waals surface area contributed by atoms with E-state index in [1.165, 1.54) is 70.6 Å². The molecule has 1 amide bonds. The highest BCUT2D eigenvalue weighted by atomic mass is 32.2. The Bertz CT molecular complexity index is 1420. The highest BCUT2D eigenvalue weighted by Crippen LogP contribution is 2.24. The predicted molar refractivity (Wildman–Crippen MR) is 215 cm³/mol. The van der Waals surface area contributed by atoms with Crippen molar-refractivity contribution < 1.29 is 56.7 Å². The fourth-order valence-electron chi connectivity index (χ4n) is 6.80. The van der Waals surface area contributed by atoms with Crippen LogP contribution in [0.5, 0.6) is 0 Å². The second-order valence-corrected chi connectivity index (χ2v) is 21.3. The molecule has 0 fully saturated rings. The molecule has 0 spiro atoms. The molecule has 0 aromatic heterocycles. The van der Waals surface area contributed by atoms with E-state index >= 15 is 0 Å². The molecule has 0 aliphatic carbocycles. The quantitative estimate of drug-likeness (QED) is 0.0342. The van der Waals surface area contributed by atoms with Crippen LogP contribution in [0.2, 0.25) is 0 Å². The van der Waals surface area contributed by atoms with Crippen LogP contribution in [0.15, 0.2) is 0 Å². The van der Waals surface area contributed by atoms with Crippen LogP contribution in [0.25, 0.3) is 0 Å². The van der Waals surface area contributed by atoms with Gasteiger partial charge in [-0.15, -0.1) is 0 Å². The highest BCUT2D eigenvalue weighted by Gasteiger charge is 2.43. The fraction of sp³-hybridized carbons (Fsp3) is 0.972. The Labute approximate surface area is 328 Å². The third-order valence-corrected chi connectivity index (χ3v) is 14.7. The van der Waals surface area contributed by atoms with Crippen molar-refractivity contribution in [1.82, 2.24) is 4.90 Å². The Morgan fingerprint density at radius 1 is 0.444 bits per heavy atom. The van der Waals surface area contributed by atoms with Gasteiger partial charge in [-0.1, -0.05) is 174 Å². The molecule has 0 aliphatic heterocycles. The summed E-state index contributed by atoms with van der Waals surface area (Å²) in [5.74, 6) is -2.60. The molecule has 0 aliphatic rings. The summed E-state index contributed by atoms with van der Waals surface area (Å²) in [5, 5.41) is -6.67. The average molecular weight is 856 g/mol. The number of hydrogen-bond donors (Lipinski definition) is 4. The lowest BCUT2D eigenvalue weighted by Crippen LogP contribution is -2.52. The van der Waals surface area contributed by atoms with Crippen molar-refractivity contribution in [2.45, 2.75) is 203 Å². The van der Waals surface area contributed by atoms with Gasteiger partial charge >= 0.3 is 0 Å². The largest absolute Gasteiger partial charge is 0.339 e. The second-order valence-electron chi connectivity index (χ2n) is 14.9. The predicted octanol–water partition coefficient (Wildman–Crippen LogP) is 8.04. The van der Waals surface area contributed by atoms with Crippen molar-refractivity contribution in [3.63, 3.8) is 0 Å². The minimum atomic E-state index is -5.36. The van der Waals surface area contributed by atoms with Crippen LogP contribution in [-0.2, 0) is 45.3 Å². The number of rotatable bonds is 37. The van der Waals surface area contributed by atoms with Gasteiger partial charge in [0.05, 0.1) is 5.75 Å². The SMILES string of the molecule is CCCCCCCCCCCCCCCC(C(CN(CCS(=O)(=O)O)C(=O)C(CCCCCCCCCCCCCC)S(=O)(=O)O)S(=O)(=O)O)S(=O)(=O)O. The lowest BCUT2D eigenvalue weighted by Gasteiger charge is -2.31. The van der Waals surface area contributed by atoms with Gasteiger partial charge in [0.15, 0.2) is 5.25 Å². The molecule has 324 valence electrons. The van der Waals surface area contributed by atoms with Crippen molar-refractivity contribution in [3.05, 3.63) is 0 Å². The van der Waals surface area contributed by atoms with Crippen LogP contribution in [0.4, 0.5) is 0 Å². The van der Waals surface area contributed by atoms with Gasteiger partial charge < -0.3 is 4.90 Å². The van der Waals surface area contributed by atoms with Crippen molar-refractivity contribution in [1.29, 1.82) is 0 Å². The molecule has 14 nitrogen and oxygen atoms in total. The monoisotopic (exact) mass is 855 g/mol. The van der Waals surface area contributed by atoms with Crippen molar-refractivity contribution in [3.8, 4) is 0 Å². The third kappa shape index (κ3) is 27.7. The van der Waals surface area contributed by atoms with Crippen molar-refractivity contribution in [2.24, 2.45) is 0 Å². The van der Waals surface area contributed by atoms with Gasteiger partial charge in [0.1, 0.15) is 10.5 Å². The number of amides is 1. The van der Waals surface area contributed by atoms with E-state index < -0.39 is 93.8 Å². The van der Waals surface area contributed by atoms with E-state index in [2.05, 4.69) is 13.8 Å². The Balaban J connectivity index is 5.51. The zero-order valence-electron chi connectivity index (χ0n) is 33.0. The van der Waals surface area contributed by atoms with Gasteiger partial charge in [0.2, 0.25) is 5.91 Å². The first-order valence-corrected chi connectivity index (χ1v) is 26.5. The molecule has 0 aromatic rings. The van der Waals surface area contributed by atoms with E-state index in [9.17, 15) is 56.7 Å². The van der Waals surface area contributed by atoms with E-state index in [4.69, 9.17) is 0 Å². The zero-order chi connectivity index (χ0) is 41.1. The van der Waals surface area contributed by atoms with Gasteiger partial charge in [0.25, 0.3) is 40.5 Å². The Kier molecular flexibility index (Phi) is 28.9. The van der Waals surface area contributed by atoms with Gasteiger partial charge in [-0.2, -0.15) is 33.7 Å². The molecule has 0 bridgehead atoms. The molecule has 0 saturated carbocycles. The van der Waals surface area contributed by atoms with Crippen molar-refractivity contribution in [2.75, 3.05) is 18.8 Å². The Morgan fingerprint density at radius 2 is 0.759 bits per heavy atom. The van der Waals surface area contributed by atoms with Crippen LogP contribution in [-0.4, -0.2) is 97.3 Å². The maximum absolute atomic E-state index is 13.6. The lowest BCUT2D eigenvalue weighted by atomic mass is 10.0. The zero-order valence-corrected chi connectivity index (χ0v) is 36.3. The fourth-order valence-corrected chi connectivity index (χ4v) is 10.8. The molecule has 54 heavy (non-hydrogen) atoms. The van der Waals surface area contributed by atoms with E-state index in [0.29, 0.717) is 24.2 Å². The number of unbranched alkanes of at least 4 members (excludes halogenated alkanes) is 23. The lowest BCUT2D eigenvalue weighted by molar-refractivity contribution is -0.130. The maximum atomic E-state index is 13.6. The minimum absolute atomic E-state index is 0.138. The standard InChI is InChI=1S/C36H73NO13S4/c1-3-5-7-9-11-13-15-17-19-20-22-24-26-28-33(52(42,43)44)35(54(48,49)50)32-37(30-31-51(39,40)41)36(38)34(53(45,46)47)29-27-25-23-21-18-16-14-12-10-8-6-4-2/h33-35H,3-32H2,1-2H3,(H,39,40,41)(H,42,43,44)(H,45,46,47)(H,48,49,50). The molecule has 0 heterocycles. The number of carbonyl (C=O) groups is 1. The highest BCUT2D eigenvalue weighted by molar-refractivity contribution is 7.90. The molecular formula is C36H73NO13S4. The second kappa shape index (κ2) is 29.3. The van der Waals surface area contributed by atoms with Crippen LogP contribution in [0, 0.1) is 0 Å². The molecule has 4 N–H and O–H groups in total. The van der Waals surface area contributed by atoms with Crippen molar-refractivity contribution >= 4 is 46.4 Å². The van der Waals surface area contributed by atoms with E-state index in [1.54, 1.807) is 0 Å². The van der Waals surface area contributed by atoms with Crippen LogP contribution >= 0.6 is 0 Å². The average Bonchev–Trinajstić information content (AvgIpc) is 3.05.